The first-order chi connectivity index (χ1) is 14.1. The summed E-state index contributed by atoms with van der Waals surface area (Å²) in [7, 11) is 0. The predicted molar refractivity (Wildman–Crippen MR) is 111 cm³/mol. The number of nitrogens with zero attached hydrogens (tertiary/aromatic N) is 2. The van der Waals surface area contributed by atoms with Crippen molar-refractivity contribution in [3.05, 3.63) is 94.9 Å². The summed E-state index contributed by atoms with van der Waals surface area (Å²) in [6.45, 7) is 2.38. The number of pyridine rings is 1. The quantitative estimate of drug-likeness (QED) is 0.702. The number of anilines is 1. The molecule has 1 fully saturated rings. The molecule has 0 aliphatic carbocycles. The lowest BCUT2D eigenvalue weighted by atomic mass is 10.0. The number of hydrogen-bond donors (Lipinski definition) is 2. The topological polar surface area (TPSA) is 71.2 Å². The fourth-order valence-electron chi connectivity index (χ4n) is 3.70. The number of benzene rings is 2. The molecule has 3 aromatic rings. The molecule has 0 spiro atoms. The van der Waals surface area contributed by atoms with Gasteiger partial charge in [0.2, 0.25) is 0 Å². The van der Waals surface area contributed by atoms with E-state index in [1.54, 1.807) is 12.1 Å². The maximum Gasteiger partial charge on any atom is 0.267 e. The monoisotopic (exact) mass is 390 g/mol. The van der Waals surface area contributed by atoms with Crippen LogP contribution in [-0.4, -0.2) is 30.5 Å². The second kappa shape index (κ2) is 8.41. The Labute approximate surface area is 169 Å². The van der Waals surface area contributed by atoms with Crippen molar-refractivity contribution in [3.8, 4) is 0 Å². The van der Waals surface area contributed by atoms with E-state index in [1.807, 2.05) is 30.3 Å². The van der Waals surface area contributed by atoms with Crippen molar-refractivity contribution >= 4 is 11.7 Å². The maximum atomic E-state index is 13.1. The van der Waals surface area contributed by atoms with Crippen LogP contribution in [0.15, 0.2) is 66.7 Å². The van der Waals surface area contributed by atoms with Crippen molar-refractivity contribution in [1.82, 2.24) is 10.3 Å². The van der Waals surface area contributed by atoms with Crippen molar-refractivity contribution < 1.29 is 9.18 Å². The van der Waals surface area contributed by atoms with E-state index in [4.69, 9.17) is 5.73 Å². The summed E-state index contributed by atoms with van der Waals surface area (Å²) in [5.74, 6) is -0.105. The number of hydrogen-bond acceptors (Lipinski definition) is 4. The lowest BCUT2D eigenvalue weighted by molar-refractivity contribution is 0.0995. The van der Waals surface area contributed by atoms with Crippen LogP contribution < -0.4 is 16.0 Å². The van der Waals surface area contributed by atoms with Gasteiger partial charge in [-0.2, -0.15) is 0 Å². The summed E-state index contributed by atoms with van der Waals surface area (Å²) in [4.78, 5) is 18.8. The largest absolute Gasteiger partial charge is 0.364 e. The second-order valence-electron chi connectivity index (χ2n) is 7.21. The first-order valence-electron chi connectivity index (χ1n) is 9.67. The average Bonchev–Trinajstić information content (AvgIpc) is 2.76. The van der Waals surface area contributed by atoms with Crippen LogP contribution >= 0.6 is 0 Å². The third kappa shape index (κ3) is 4.43. The molecule has 0 radical (unpaired) electrons. The lowest BCUT2D eigenvalue weighted by Crippen LogP contribution is -2.46. The van der Waals surface area contributed by atoms with Gasteiger partial charge in [-0.25, -0.2) is 9.37 Å². The molecule has 0 saturated carbocycles. The van der Waals surface area contributed by atoms with E-state index in [0.717, 1.165) is 36.6 Å². The SMILES string of the molecule is NC(=O)c1nc(N2CCNC(c3ccccc3)C2)ccc1Cc1ccc(F)cc1. The Hall–Kier alpha value is -3.25. The highest BCUT2D eigenvalue weighted by Gasteiger charge is 2.23. The van der Waals surface area contributed by atoms with Gasteiger partial charge in [0.15, 0.2) is 0 Å². The highest BCUT2D eigenvalue weighted by atomic mass is 19.1. The number of nitrogens with one attached hydrogen (secondary N) is 1. The Morgan fingerprint density at radius 3 is 2.59 bits per heavy atom. The van der Waals surface area contributed by atoms with E-state index >= 15 is 0 Å². The zero-order valence-corrected chi connectivity index (χ0v) is 16.0. The maximum absolute atomic E-state index is 13.1. The second-order valence-corrected chi connectivity index (χ2v) is 7.21. The molecule has 6 heteroatoms. The zero-order valence-electron chi connectivity index (χ0n) is 16.0. The van der Waals surface area contributed by atoms with E-state index < -0.39 is 5.91 Å². The average molecular weight is 390 g/mol. The molecular formula is C23H23FN4O. The first kappa shape index (κ1) is 19.1. The van der Waals surface area contributed by atoms with Gasteiger partial charge in [-0.3, -0.25) is 4.79 Å². The van der Waals surface area contributed by atoms with Crippen molar-refractivity contribution in [2.45, 2.75) is 12.5 Å². The number of aromatic nitrogens is 1. The third-order valence-electron chi connectivity index (χ3n) is 5.21. The minimum Gasteiger partial charge on any atom is -0.364 e. The summed E-state index contributed by atoms with van der Waals surface area (Å²) in [5.41, 5.74) is 8.74. The molecule has 29 heavy (non-hydrogen) atoms. The Bertz CT molecular complexity index is 992. The smallest absolute Gasteiger partial charge is 0.267 e. The number of rotatable bonds is 5. The predicted octanol–water partition coefficient (Wildman–Crippen LogP) is 3.06. The molecule has 1 unspecified atom stereocenters. The number of primary amides is 1. The van der Waals surface area contributed by atoms with Gasteiger partial charge in [0.1, 0.15) is 17.3 Å². The van der Waals surface area contributed by atoms with Crippen LogP contribution in [0.1, 0.15) is 33.2 Å². The number of halogens is 1. The molecule has 1 atom stereocenters. The fourth-order valence-corrected chi connectivity index (χ4v) is 3.70. The van der Waals surface area contributed by atoms with Gasteiger partial charge in [-0.1, -0.05) is 48.5 Å². The number of piperazine rings is 1. The number of amides is 1. The van der Waals surface area contributed by atoms with Crippen LogP contribution in [0.5, 0.6) is 0 Å². The first-order valence-corrected chi connectivity index (χ1v) is 9.67. The van der Waals surface area contributed by atoms with Crippen LogP contribution in [0, 0.1) is 5.82 Å². The molecule has 1 aliphatic heterocycles. The summed E-state index contributed by atoms with van der Waals surface area (Å²) >= 11 is 0. The highest BCUT2D eigenvalue weighted by molar-refractivity contribution is 5.92. The van der Waals surface area contributed by atoms with Gasteiger partial charge in [0, 0.05) is 25.7 Å². The minimum atomic E-state index is -0.557. The Kier molecular flexibility index (Phi) is 5.53. The standard InChI is InChI=1S/C23H23FN4O/c24-19-9-6-16(7-10-19)14-18-8-11-21(27-22(18)23(25)29)28-13-12-26-20(15-28)17-4-2-1-3-5-17/h1-11,20,26H,12-15H2,(H2,25,29). The normalized spacial score (nSPS) is 16.6. The molecule has 2 heterocycles. The van der Waals surface area contributed by atoms with Crippen molar-refractivity contribution in [3.63, 3.8) is 0 Å². The van der Waals surface area contributed by atoms with Gasteiger partial charge in [-0.15, -0.1) is 0 Å². The van der Waals surface area contributed by atoms with E-state index in [9.17, 15) is 9.18 Å². The highest BCUT2D eigenvalue weighted by Crippen LogP contribution is 2.23. The Morgan fingerprint density at radius 2 is 1.86 bits per heavy atom. The van der Waals surface area contributed by atoms with Gasteiger partial charge in [0.25, 0.3) is 5.91 Å². The molecular weight excluding hydrogens is 367 g/mol. The summed E-state index contributed by atoms with van der Waals surface area (Å²) in [5, 5.41) is 3.53. The Morgan fingerprint density at radius 1 is 1.10 bits per heavy atom. The Balaban J connectivity index is 1.57. The summed E-state index contributed by atoms with van der Waals surface area (Å²) < 4.78 is 13.1. The minimum absolute atomic E-state index is 0.197. The molecule has 5 nitrogen and oxygen atoms in total. The van der Waals surface area contributed by atoms with Crippen LogP contribution in [-0.2, 0) is 6.42 Å². The molecule has 148 valence electrons. The lowest BCUT2D eigenvalue weighted by Gasteiger charge is -2.35. The molecule has 1 amide bonds. The molecule has 1 aromatic heterocycles. The van der Waals surface area contributed by atoms with Gasteiger partial charge in [0.05, 0.1) is 0 Å². The van der Waals surface area contributed by atoms with Crippen molar-refractivity contribution in [2.24, 2.45) is 5.73 Å². The van der Waals surface area contributed by atoms with E-state index in [1.165, 1.54) is 17.7 Å². The molecule has 0 bridgehead atoms. The van der Waals surface area contributed by atoms with Gasteiger partial charge < -0.3 is 16.0 Å². The van der Waals surface area contributed by atoms with Crippen LogP contribution in [0.25, 0.3) is 0 Å². The summed E-state index contributed by atoms with van der Waals surface area (Å²) in [6, 6.07) is 20.5. The number of carbonyl (C=O) groups is 1. The van der Waals surface area contributed by atoms with Crippen LogP contribution in [0.4, 0.5) is 10.2 Å². The van der Waals surface area contributed by atoms with Crippen LogP contribution in [0.2, 0.25) is 0 Å². The molecule has 1 saturated heterocycles. The van der Waals surface area contributed by atoms with Crippen molar-refractivity contribution in [1.29, 1.82) is 0 Å². The van der Waals surface area contributed by atoms with Gasteiger partial charge >= 0.3 is 0 Å². The van der Waals surface area contributed by atoms with Gasteiger partial charge in [-0.05, 0) is 41.3 Å². The third-order valence-corrected chi connectivity index (χ3v) is 5.21. The van der Waals surface area contributed by atoms with E-state index in [2.05, 4.69) is 27.3 Å². The van der Waals surface area contributed by atoms with Crippen molar-refractivity contribution in [2.75, 3.05) is 24.5 Å². The summed E-state index contributed by atoms with van der Waals surface area (Å²) in [6.07, 6.45) is 0.472. The molecule has 4 rings (SSSR count). The van der Waals surface area contributed by atoms with E-state index in [0.29, 0.717) is 6.42 Å². The molecule has 1 aliphatic rings. The fraction of sp³-hybridized carbons (Fsp3) is 0.217. The molecule has 3 N–H and O–H groups in total. The number of nitrogens with two attached hydrogens (primary N) is 1. The van der Waals surface area contributed by atoms with Crippen LogP contribution in [0.3, 0.4) is 0 Å². The zero-order chi connectivity index (χ0) is 20.2. The van der Waals surface area contributed by atoms with E-state index in [-0.39, 0.29) is 17.6 Å². The molecule has 2 aromatic carbocycles. The number of carbonyl (C=O) groups excluding carboxylic acids is 1.